The molecular weight excluding hydrogens is 618 g/mol. The number of hydrogen-bond donors (Lipinski definition) is 4. The van der Waals surface area contributed by atoms with Crippen LogP contribution in [-0.4, -0.2) is 54.0 Å². The van der Waals surface area contributed by atoms with E-state index in [9.17, 15) is 24.3 Å². The summed E-state index contributed by atoms with van der Waals surface area (Å²) in [4.78, 5) is 54.0. The van der Waals surface area contributed by atoms with Gasteiger partial charge in [-0.25, -0.2) is 4.79 Å². The number of hydrogen-bond acceptors (Lipinski definition) is 6. The third-order valence-corrected chi connectivity index (χ3v) is 8.21. The zero-order chi connectivity index (χ0) is 34.6. The predicted molar refractivity (Wildman–Crippen MR) is 188 cm³/mol. The summed E-state index contributed by atoms with van der Waals surface area (Å²) in [7, 11) is 1.23. The smallest absolute Gasteiger partial charge is 0.328 e. The van der Waals surface area contributed by atoms with Crippen molar-refractivity contribution < 1.29 is 29.0 Å². The van der Waals surface area contributed by atoms with Crippen LogP contribution >= 0.6 is 0 Å². The van der Waals surface area contributed by atoms with Crippen molar-refractivity contribution in [1.29, 1.82) is 0 Å². The van der Waals surface area contributed by atoms with Crippen molar-refractivity contribution in [3.8, 4) is 5.75 Å². The SMILES string of the molecule is COC(=O)[C@@H](Cc1ccc(O)cc1)NC(=O)[C@@H](Cc1ccccc1)NC(=O)[C@@H](Cc1ccccc1)NC(=O)Cc1ccc2ccccc2c1. The van der Waals surface area contributed by atoms with Gasteiger partial charge in [0.05, 0.1) is 13.5 Å². The molecule has 49 heavy (non-hydrogen) atoms. The van der Waals surface area contributed by atoms with Crippen LogP contribution in [0, 0.1) is 0 Å². The molecule has 9 heteroatoms. The summed E-state index contributed by atoms with van der Waals surface area (Å²) in [5.74, 6) is -2.06. The molecule has 9 nitrogen and oxygen atoms in total. The molecular formula is C40H39N3O6. The molecule has 3 atom stereocenters. The number of rotatable bonds is 14. The van der Waals surface area contributed by atoms with Gasteiger partial charge in [0.2, 0.25) is 17.7 Å². The molecule has 3 amide bonds. The summed E-state index contributed by atoms with van der Waals surface area (Å²) in [5.41, 5.74) is 3.11. The molecule has 4 N–H and O–H groups in total. The highest BCUT2D eigenvalue weighted by atomic mass is 16.5. The maximum absolute atomic E-state index is 14.0. The number of amides is 3. The number of phenolic OH excluding ortho intramolecular Hbond substituents is 1. The van der Waals surface area contributed by atoms with Gasteiger partial charge in [-0.3, -0.25) is 14.4 Å². The van der Waals surface area contributed by atoms with Crippen LogP contribution in [0.1, 0.15) is 22.3 Å². The van der Waals surface area contributed by atoms with E-state index in [0.29, 0.717) is 5.56 Å². The summed E-state index contributed by atoms with van der Waals surface area (Å²) < 4.78 is 4.97. The molecule has 0 aliphatic heterocycles. The first-order valence-corrected chi connectivity index (χ1v) is 16.1. The lowest BCUT2D eigenvalue weighted by molar-refractivity contribution is -0.145. The van der Waals surface area contributed by atoms with E-state index < -0.39 is 35.9 Å². The summed E-state index contributed by atoms with van der Waals surface area (Å²) in [6, 6.07) is 35.3. The summed E-state index contributed by atoms with van der Waals surface area (Å²) in [5, 5.41) is 20.3. The number of benzene rings is 5. The predicted octanol–water partition coefficient (Wildman–Crippen LogP) is 4.44. The Bertz CT molecular complexity index is 1880. The fourth-order valence-corrected chi connectivity index (χ4v) is 5.65. The molecule has 250 valence electrons. The molecule has 0 aliphatic rings. The highest BCUT2D eigenvalue weighted by Gasteiger charge is 2.30. The minimum absolute atomic E-state index is 0.0649. The maximum atomic E-state index is 14.0. The first kappa shape index (κ1) is 34.4. The van der Waals surface area contributed by atoms with Crippen LogP contribution in [0.2, 0.25) is 0 Å². The zero-order valence-corrected chi connectivity index (χ0v) is 27.2. The molecule has 0 bridgehead atoms. The molecule has 0 fully saturated rings. The molecule has 0 saturated heterocycles. The van der Waals surface area contributed by atoms with Gasteiger partial charge in [0.1, 0.15) is 23.9 Å². The molecule has 0 aliphatic carbocycles. The van der Waals surface area contributed by atoms with Crippen molar-refractivity contribution in [1.82, 2.24) is 16.0 Å². The Hall–Kier alpha value is -5.96. The Labute approximate surface area is 285 Å². The standard InChI is InChI=1S/C40H39N3O6/c1-49-40(48)36(25-29-17-20-33(44)21-18-29)43-39(47)35(24-28-12-6-3-7-13-28)42-38(46)34(23-27-10-4-2-5-11-27)41-37(45)26-30-16-19-31-14-8-9-15-32(31)22-30/h2-22,34-36,44H,23-26H2,1H3,(H,41,45)(H,42,46)(H,43,47)/t34-,35-,36-/m1/s1. The van der Waals surface area contributed by atoms with Gasteiger partial charge in [-0.05, 0) is 45.2 Å². The van der Waals surface area contributed by atoms with E-state index >= 15 is 0 Å². The van der Waals surface area contributed by atoms with Crippen molar-refractivity contribution in [2.45, 2.75) is 43.8 Å². The highest BCUT2D eigenvalue weighted by Crippen LogP contribution is 2.17. The summed E-state index contributed by atoms with van der Waals surface area (Å²) in [6.07, 6.45) is 0.498. The summed E-state index contributed by atoms with van der Waals surface area (Å²) in [6.45, 7) is 0. The zero-order valence-electron chi connectivity index (χ0n) is 27.2. The second kappa shape index (κ2) is 16.7. The number of carbonyl (C=O) groups excluding carboxylic acids is 4. The average molecular weight is 658 g/mol. The molecule has 5 aromatic carbocycles. The van der Waals surface area contributed by atoms with Gasteiger partial charge < -0.3 is 25.8 Å². The fraction of sp³-hybridized carbons (Fsp3) is 0.200. The van der Waals surface area contributed by atoms with Crippen LogP contribution in [0.15, 0.2) is 127 Å². The second-order valence-corrected chi connectivity index (χ2v) is 11.9. The highest BCUT2D eigenvalue weighted by molar-refractivity contribution is 5.94. The number of carbonyl (C=O) groups is 4. The van der Waals surface area contributed by atoms with Crippen molar-refractivity contribution in [2.24, 2.45) is 0 Å². The van der Waals surface area contributed by atoms with Gasteiger partial charge in [0.15, 0.2) is 0 Å². The molecule has 5 rings (SSSR count). The van der Waals surface area contributed by atoms with Crippen molar-refractivity contribution >= 4 is 34.5 Å². The third kappa shape index (κ3) is 10.0. The average Bonchev–Trinajstić information content (AvgIpc) is 3.12. The lowest BCUT2D eigenvalue weighted by atomic mass is 10.0. The van der Waals surface area contributed by atoms with E-state index in [1.807, 2.05) is 103 Å². The van der Waals surface area contributed by atoms with Crippen molar-refractivity contribution in [2.75, 3.05) is 7.11 Å². The van der Waals surface area contributed by atoms with Crippen LogP contribution < -0.4 is 16.0 Å². The van der Waals surface area contributed by atoms with Gasteiger partial charge in [-0.15, -0.1) is 0 Å². The van der Waals surface area contributed by atoms with Crippen LogP contribution in [-0.2, 0) is 49.6 Å². The quantitative estimate of drug-likeness (QED) is 0.131. The lowest BCUT2D eigenvalue weighted by Gasteiger charge is -2.25. The normalized spacial score (nSPS) is 12.7. The van der Waals surface area contributed by atoms with E-state index in [-0.39, 0.29) is 37.3 Å². The Morgan fingerprint density at radius 3 is 1.61 bits per heavy atom. The summed E-state index contributed by atoms with van der Waals surface area (Å²) >= 11 is 0. The van der Waals surface area contributed by atoms with E-state index in [0.717, 1.165) is 27.5 Å². The van der Waals surface area contributed by atoms with Crippen molar-refractivity contribution in [3.05, 3.63) is 150 Å². The van der Waals surface area contributed by atoms with E-state index in [2.05, 4.69) is 16.0 Å². The number of aromatic hydroxyl groups is 1. The monoisotopic (exact) mass is 657 g/mol. The number of methoxy groups -OCH3 is 1. The number of nitrogens with one attached hydrogen (secondary N) is 3. The first-order valence-electron chi connectivity index (χ1n) is 16.1. The Kier molecular flexibility index (Phi) is 11.7. The minimum atomic E-state index is -1.09. The molecule has 0 radical (unpaired) electrons. The molecule has 0 unspecified atom stereocenters. The van der Waals surface area contributed by atoms with Crippen LogP contribution in [0.25, 0.3) is 10.8 Å². The van der Waals surface area contributed by atoms with E-state index in [1.165, 1.54) is 19.2 Å². The van der Waals surface area contributed by atoms with Crippen molar-refractivity contribution in [3.63, 3.8) is 0 Å². The Morgan fingerprint density at radius 1 is 0.551 bits per heavy atom. The van der Waals surface area contributed by atoms with Gasteiger partial charge in [-0.2, -0.15) is 0 Å². The third-order valence-electron chi connectivity index (χ3n) is 8.21. The molecule has 5 aromatic rings. The van der Waals surface area contributed by atoms with Crippen LogP contribution in [0.4, 0.5) is 0 Å². The fourth-order valence-electron chi connectivity index (χ4n) is 5.65. The molecule has 0 heterocycles. The molecule has 0 aromatic heterocycles. The van der Waals surface area contributed by atoms with Gasteiger partial charge in [0, 0.05) is 19.3 Å². The second-order valence-electron chi connectivity index (χ2n) is 11.9. The Morgan fingerprint density at radius 2 is 1.02 bits per heavy atom. The van der Waals surface area contributed by atoms with E-state index in [4.69, 9.17) is 4.74 Å². The van der Waals surface area contributed by atoms with Crippen LogP contribution in [0.3, 0.4) is 0 Å². The largest absolute Gasteiger partial charge is 0.508 e. The number of esters is 1. The lowest BCUT2D eigenvalue weighted by Crippen LogP contribution is -2.57. The number of fused-ring (bicyclic) bond motifs is 1. The number of ether oxygens (including phenoxy) is 1. The maximum Gasteiger partial charge on any atom is 0.328 e. The minimum Gasteiger partial charge on any atom is -0.508 e. The van der Waals surface area contributed by atoms with Gasteiger partial charge in [-0.1, -0.05) is 115 Å². The van der Waals surface area contributed by atoms with E-state index in [1.54, 1.807) is 12.1 Å². The Balaban J connectivity index is 1.35. The van der Waals surface area contributed by atoms with Gasteiger partial charge in [0.25, 0.3) is 0 Å². The number of phenols is 1. The van der Waals surface area contributed by atoms with Gasteiger partial charge >= 0.3 is 5.97 Å². The molecule has 0 saturated carbocycles. The molecule has 0 spiro atoms. The van der Waals surface area contributed by atoms with Crippen LogP contribution in [0.5, 0.6) is 5.75 Å². The topological polar surface area (TPSA) is 134 Å². The first-order chi connectivity index (χ1) is 23.8.